The van der Waals surface area contributed by atoms with Gasteiger partial charge in [-0.15, -0.1) is 12.4 Å². The molecule has 1 rings (SSSR count). The average Bonchev–Trinajstić information content (AvgIpc) is 2.21. The van der Waals surface area contributed by atoms with E-state index in [0.717, 1.165) is 12.3 Å². The first-order valence-electron chi connectivity index (χ1n) is 5.24. The van der Waals surface area contributed by atoms with Crippen molar-refractivity contribution < 1.29 is 9.53 Å². The molecule has 3 unspecified atom stereocenters. The van der Waals surface area contributed by atoms with Gasteiger partial charge in [0.25, 0.3) is 0 Å². The van der Waals surface area contributed by atoms with Crippen LogP contribution in [0.25, 0.3) is 0 Å². The maximum Gasteiger partial charge on any atom is 0.242 e. The van der Waals surface area contributed by atoms with Gasteiger partial charge in [0.1, 0.15) is 6.04 Å². The standard InChI is InChI=1S/C10H20N2O2S.ClH/c1-7-8(2)15-5-4-12(7)10(13)9(11)6-14-3;/h7-9H,4-6,11H2,1-3H3;1H. The SMILES string of the molecule is COCC(N)C(=O)N1CCSC(C)C1C.Cl. The molecular formula is C10H21ClN2O2S. The zero-order chi connectivity index (χ0) is 11.4. The summed E-state index contributed by atoms with van der Waals surface area (Å²) in [5.74, 6) is 1.01. The third-order valence-electron chi connectivity index (χ3n) is 2.83. The van der Waals surface area contributed by atoms with Crippen LogP contribution in [0.2, 0.25) is 0 Å². The molecule has 0 bridgehead atoms. The second-order valence-corrected chi connectivity index (χ2v) is 5.40. The third-order valence-corrected chi connectivity index (χ3v) is 4.17. The van der Waals surface area contributed by atoms with Crippen molar-refractivity contribution in [2.45, 2.75) is 31.2 Å². The Hall–Kier alpha value is 0.0300. The van der Waals surface area contributed by atoms with Crippen LogP contribution in [0.5, 0.6) is 0 Å². The van der Waals surface area contributed by atoms with Crippen molar-refractivity contribution in [3.8, 4) is 0 Å². The van der Waals surface area contributed by atoms with Gasteiger partial charge in [-0.2, -0.15) is 11.8 Å². The molecule has 2 N–H and O–H groups in total. The monoisotopic (exact) mass is 268 g/mol. The quantitative estimate of drug-likeness (QED) is 0.820. The van der Waals surface area contributed by atoms with Gasteiger partial charge in [0.2, 0.25) is 5.91 Å². The van der Waals surface area contributed by atoms with Gasteiger partial charge >= 0.3 is 0 Å². The van der Waals surface area contributed by atoms with Crippen LogP contribution in [0.4, 0.5) is 0 Å². The molecule has 1 saturated heterocycles. The highest BCUT2D eigenvalue weighted by Gasteiger charge is 2.31. The number of carbonyl (C=O) groups excluding carboxylic acids is 1. The van der Waals surface area contributed by atoms with Crippen LogP contribution in [0.3, 0.4) is 0 Å². The predicted octanol–water partition coefficient (Wildman–Crippen LogP) is 0.734. The number of nitrogens with zero attached hydrogens (tertiary/aromatic N) is 1. The lowest BCUT2D eigenvalue weighted by molar-refractivity contribution is -0.135. The van der Waals surface area contributed by atoms with Crippen molar-refractivity contribution in [2.75, 3.05) is 26.0 Å². The smallest absolute Gasteiger partial charge is 0.242 e. The van der Waals surface area contributed by atoms with Crippen LogP contribution in [0, 0.1) is 0 Å². The Morgan fingerprint density at radius 1 is 1.62 bits per heavy atom. The van der Waals surface area contributed by atoms with E-state index >= 15 is 0 Å². The van der Waals surface area contributed by atoms with Crippen molar-refractivity contribution >= 4 is 30.1 Å². The number of ether oxygens (including phenoxy) is 1. The topological polar surface area (TPSA) is 55.6 Å². The minimum absolute atomic E-state index is 0. The normalized spacial score (nSPS) is 27.1. The molecule has 1 amide bonds. The maximum atomic E-state index is 12.0. The fraction of sp³-hybridized carbons (Fsp3) is 0.900. The summed E-state index contributed by atoms with van der Waals surface area (Å²) >= 11 is 1.91. The lowest BCUT2D eigenvalue weighted by Crippen LogP contribution is -2.54. The molecule has 16 heavy (non-hydrogen) atoms. The molecule has 4 nitrogen and oxygen atoms in total. The van der Waals surface area contributed by atoms with Crippen molar-refractivity contribution in [1.29, 1.82) is 0 Å². The van der Waals surface area contributed by atoms with E-state index in [4.69, 9.17) is 10.5 Å². The van der Waals surface area contributed by atoms with E-state index in [-0.39, 0.29) is 24.4 Å². The van der Waals surface area contributed by atoms with Gasteiger partial charge in [0.15, 0.2) is 0 Å². The summed E-state index contributed by atoms with van der Waals surface area (Å²) in [6.45, 7) is 5.32. The highest BCUT2D eigenvalue weighted by atomic mass is 35.5. The number of carbonyl (C=O) groups is 1. The Morgan fingerprint density at radius 3 is 2.81 bits per heavy atom. The molecule has 0 saturated carbocycles. The first kappa shape index (κ1) is 16.0. The van der Waals surface area contributed by atoms with Crippen molar-refractivity contribution in [1.82, 2.24) is 4.90 Å². The zero-order valence-corrected chi connectivity index (χ0v) is 11.6. The van der Waals surface area contributed by atoms with Crippen LogP contribution in [0.1, 0.15) is 13.8 Å². The Labute approximate surface area is 108 Å². The molecule has 1 aliphatic heterocycles. The lowest BCUT2D eigenvalue weighted by Gasteiger charge is -2.38. The number of methoxy groups -OCH3 is 1. The van der Waals surface area contributed by atoms with Crippen molar-refractivity contribution in [3.05, 3.63) is 0 Å². The Bertz CT molecular complexity index is 231. The molecule has 1 aliphatic rings. The van der Waals surface area contributed by atoms with Crippen LogP contribution >= 0.6 is 24.2 Å². The van der Waals surface area contributed by atoms with E-state index in [1.54, 1.807) is 7.11 Å². The molecule has 0 aromatic carbocycles. The largest absolute Gasteiger partial charge is 0.383 e. The Morgan fingerprint density at radius 2 is 2.25 bits per heavy atom. The van der Waals surface area contributed by atoms with Gasteiger partial charge in [-0.1, -0.05) is 6.92 Å². The van der Waals surface area contributed by atoms with Gasteiger partial charge in [-0.3, -0.25) is 4.79 Å². The molecule has 0 aromatic heterocycles. The molecule has 6 heteroatoms. The van der Waals surface area contributed by atoms with Gasteiger partial charge in [0.05, 0.1) is 6.61 Å². The summed E-state index contributed by atoms with van der Waals surface area (Å²) < 4.78 is 4.90. The summed E-state index contributed by atoms with van der Waals surface area (Å²) in [4.78, 5) is 13.8. The van der Waals surface area contributed by atoms with E-state index in [1.165, 1.54) is 0 Å². The molecular weight excluding hydrogens is 248 g/mol. The van der Waals surface area contributed by atoms with Gasteiger partial charge < -0.3 is 15.4 Å². The Kier molecular flexibility index (Phi) is 7.39. The fourth-order valence-corrected chi connectivity index (χ4v) is 2.81. The van der Waals surface area contributed by atoms with Crippen molar-refractivity contribution in [2.24, 2.45) is 5.73 Å². The van der Waals surface area contributed by atoms with Crippen LogP contribution in [-0.2, 0) is 9.53 Å². The minimum Gasteiger partial charge on any atom is -0.383 e. The second-order valence-electron chi connectivity index (χ2n) is 3.91. The number of halogens is 1. The van der Waals surface area contributed by atoms with Crippen LogP contribution in [-0.4, -0.2) is 54.2 Å². The van der Waals surface area contributed by atoms with E-state index in [1.807, 2.05) is 16.7 Å². The predicted molar refractivity (Wildman–Crippen MR) is 70.2 cm³/mol. The number of nitrogens with two attached hydrogens (primary N) is 1. The summed E-state index contributed by atoms with van der Waals surface area (Å²) in [7, 11) is 1.56. The molecule has 96 valence electrons. The second kappa shape index (κ2) is 7.37. The summed E-state index contributed by atoms with van der Waals surface area (Å²) in [6, 6.07) is -0.257. The molecule has 0 aromatic rings. The third kappa shape index (κ3) is 3.80. The van der Waals surface area contributed by atoms with Crippen LogP contribution in [0.15, 0.2) is 0 Å². The maximum absolute atomic E-state index is 12.0. The van der Waals surface area contributed by atoms with E-state index < -0.39 is 6.04 Å². The highest BCUT2D eigenvalue weighted by molar-refractivity contribution is 8.00. The molecule has 0 aliphatic carbocycles. The summed E-state index contributed by atoms with van der Waals surface area (Å²) in [5.41, 5.74) is 5.74. The number of hydrogen-bond donors (Lipinski definition) is 1. The molecule has 0 spiro atoms. The molecule has 3 atom stereocenters. The van der Waals surface area contributed by atoms with Crippen LogP contribution < -0.4 is 5.73 Å². The lowest BCUT2D eigenvalue weighted by atomic mass is 10.1. The zero-order valence-electron chi connectivity index (χ0n) is 10.0. The first-order valence-corrected chi connectivity index (χ1v) is 6.29. The number of thioether (sulfide) groups is 1. The number of hydrogen-bond acceptors (Lipinski definition) is 4. The summed E-state index contributed by atoms with van der Waals surface area (Å²) in [5, 5.41) is 0.484. The van der Waals surface area contributed by atoms with Gasteiger partial charge in [-0.25, -0.2) is 0 Å². The van der Waals surface area contributed by atoms with E-state index in [0.29, 0.717) is 11.9 Å². The first-order chi connectivity index (χ1) is 7.07. The van der Waals surface area contributed by atoms with Gasteiger partial charge in [0, 0.05) is 30.7 Å². The fourth-order valence-electron chi connectivity index (χ4n) is 1.71. The number of amides is 1. The highest BCUT2D eigenvalue weighted by Crippen LogP contribution is 2.24. The van der Waals surface area contributed by atoms with Gasteiger partial charge in [-0.05, 0) is 6.92 Å². The minimum atomic E-state index is -0.521. The summed E-state index contributed by atoms with van der Waals surface area (Å²) in [6.07, 6.45) is 0. The van der Waals surface area contributed by atoms with E-state index in [2.05, 4.69) is 13.8 Å². The molecule has 1 heterocycles. The molecule has 1 fully saturated rings. The van der Waals surface area contributed by atoms with E-state index in [9.17, 15) is 4.79 Å². The van der Waals surface area contributed by atoms with Crippen molar-refractivity contribution in [3.63, 3.8) is 0 Å². The Balaban J connectivity index is 0.00000225. The average molecular weight is 269 g/mol. The molecule has 0 radical (unpaired) electrons. The number of rotatable bonds is 3.